The minimum atomic E-state index is -4.80. The Morgan fingerprint density at radius 3 is 2.15 bits per heavy atom. The van der Waals surface area contributed by atoms with Gasteiger partial charge in [-0.25, -0.2) is 8.78 Å². The lowest BCUT2D eigenvalue weighted by Crippen LogP contribution is -2.47. The first-order chi connectivity index (χ1) is 15.9. The summed E-state index contributed by atoms with van der Waals surface area (Å²) in [7, 11) is 0. The molecule has 1 fully saturated rings. The number of nitrogens with zero attached hydrogens (tertiary/aromatic N) is 1. The minimum Gasteiger partial charge on any atom is -0.406 e. The van der Waals surface area contributed by atoms with Gasteiger partial charge in [-0.15, -0.1) is 13.2 Å². The molecule has 0 bridgehead atoms. The normalized spacial score (nSPS) is 16.8. The highest BCUT2D eigenvalue weighted by molar-refractivity contribution is 5.79. The molecule has 2 atom stereocenters. The second-order valence-electron chi connectivity index (χ2n) is 8.51. The number of halogens is 5. The van der Waals surface area contributed by atoms with E-state index in [2.05, 4.69) is 15.0 Å². The van der Waals surface area contributed by atoms with E-state index < -0.39 is 30.3 Å². The van der Waals surface area contributed by atoms with Gasteiger partial charge in [0, 0.05) is 19.0 Å². The Labute approximate surface area is 194 Å². The highest BCUT2D eigenvalue weighted by Gasteiger charge is 2.31. The van der Waals surface area contributed by atoms with Gasteiger partial charge in [0.2, 0.25) is 5.91 Å². The van der Waals surface area contributed by atoms with Crippen LogP contribution in [-0.2, 0) is 17.1 Å². The topological polar surface area (TPSA) is 61.8 Å². The van der Waals surface area contributed by atoms with Crippen molar-refractivity contribution in [2.75, 3.05) is 19.6 Å². The maximum absolute atomic E-state index is 13.5. The Bertz CT molecular complexity index is 937. The fourth-order valence-electron chi connectivity index (χ4n) is 3.93. The summed E-state index contributed by atoms with van der Waals surface area (Å²) in [6, 6.07) is 9.59. The van der Waals surface area contributed by atoms with E-state index in [1.807, 2.05) is 0 Å². The SMILES string of the molecule is CC(F)(F)c1ccc([C@@H](O)[C@@H](CN2CCCC2)NC(=O)Cc2ccc(OC(F)(F)F)cc2)cc1. The smallest absolute Gasteiger partial charge is 0.406 e. The number of carbonyl (C=O) groups is 1. The molecule has 1 aliphatic heterocycles. The lowest BCUT2D eigenvalue weighted by molar-refractivity contribution is -0.274. The van der Waals surface area contributed by atoms with Crippen molar-refractivity contribution in [3.05, 3.63) is 65.2 Å². The maximum atomic E-state index is 13.5. The second kappa shape index (κ2) is 10.7. The van der Waals surface area contributed by atoms with Crippen molar-refractivity contribution in [2.24, 2.45) is 0 Å². The number of hydrogen-bond acceptors (Lipinski definition) is 4. The molecule has 1 saturated heterocycles. The Kier molecular flexibility index (Phi) is 8.14. The molecule has 1 heterocycles. The predicted molar refractivity (Wildman–Crippen MR) is 115 cm³/mol. The molecule has 2 aromatic carbocycles. The monoisotopic (exact) mass is 486 g/mol. The second-order valence-corrected chi connectivity index (χ2v) is 8.51. The number of carbonyl (C=O) groups excluding carboxylic acids is 1. The summed E-state index contributed by atoms with van der Waals surface area (Å²) < 4.78 is 67.8. The van der Waals surface area contributed by atoms with Crippen LogP contribution in [0, 0.1) is 0 Å². The van der Waals surface area contributed by atoms with E-state index >= 15 is 0 Å². The first-order valence-corrected chi connectivity index (χ1v) is 10.9. The molecular formula is C24H27F5N2O3. The van der Waals surface area contributed by atoms with Gasteiger partial charge >= 0.3 is 6.36 Å². The molecule has 2 N–H and O–H groups in total. The molecule has 34 heavy (non-hydrogen) atoms. The van der Waals surface area contributed by atoms with E-state index in [0.29, 0.717) is 17.7 Å². The molecule has 0 aromatic heterocycles. The number of hydrogen-bond donors (Lipinski definition) is 2. The van der Waals surface area contributed by atoms with Crippen LogP contribution >= 0.6 is 0 Å². The third-order valence-electron chi connectivity index (χ3n) is 5.66. The summed E-state index contributed by atoms with van der Waals surface area (Å²) >= 11 is 0. The number of aliphatic hydroxyl groups is 1. The van der Waals surface area contributed by atoms with Crippen molar-refractivity contribution in [3.8, 4) is 5.75 Å². The summed E-state index contributed by atoms with van der Waals surface area (Å²) in [5.74, 6) is -3.82. The summed E-state index contributed by atoms with van der Waals surface area (Å²) in [4.78, 5) is 14.8. The zero-order valence-electron chi connectivity index (χ0n) is 18.6. The minimum absolute atomic E-state index is 0.115. The highest BCUT2D eigenvalue weighted by Crippen LogP contribution is 2.29. The van der Waals surface area contributed by atoms with E-state index in [4.69, 9.17) is 0 Å². The van der Waals surface area contributed by atoms with E-state index in [9.17, 15) is 31.9 Å². The van der Waals surface area contributed by atoms with Crippen LogP contribution in [0.5, 0.6) is 5.75 Å². The number of ether oxygens (including phenoxy) is 1. The third-order valence-corrected chi connectivity index (χ3v) is 5.66. The molecule has 0 saturated carbocycles. The van der Waals surface area contributed by atoms with Gasteiger partial charge in [0.25, 0.3) is 5.92 Å². The van der Waals surface area contributed by atoms with Crippen LogP contribution in [0.25, 0.3) is 0 Å². The average Bonchev–Trinajstić information content (AvgIpc) is 3.26. The third kappa shape index (κ3) is 7.66. The molecule has 0 unspecified atom stereocenters. The quantitative estimate of drug-likeness (QED) is 0.511. The molecule has 0 spiro atoms. The van der Waals surface area contributed by atoms with E-state index in [-0.39, 0.29) is 17.7 Å². The molecule has 186 valence electrons. The molecule has 1 aliphatic rings. The molecular weight excluding hydrogens is 459 g/mol. The van der Waals surface area contributed by atoms with E-state index in [1.165, 1.54) is 36.4 Å². The molecule has 1 amide bonds. The molecule has 2 aromatic rings. The Balaban J connectivity index is 1.68. The number of benzene rings is 2. The van der Waals surface area contributed by atoms with Gasteiger partial charge in [0.1, 0.15) is 11.9 Å². The lowest BCUT2D eigenvalue weighted by Gasteiger charge is -2.29. The number of amides is 1. The van der Waals surface area contributed by atoms with Crippen molar-refractivity contribution in [3.63, 3.8) is 0 Å². The lowest BCUT2D eigenvalue weighted by atomic mass is 9.98. The summed E-state index contributed by atoms with van der Waals surface area (Å²) in [6.07, 6.45) is -4.04. The van der Waals surface area contributed by atoms with Crippen LogP contribution in [0.15, 0.2) is 48.5 Å². The van der Waals surface area contributed by atoms with Gasteiger partial charge in [-0.2, -0.15) is 0 Å². The molecule has 5 nitrogen and oxygen atoms in total. The van der Waals surface area contributed by atoms with E-state index in [1.54, 1.807) is 0 Å². The van der Waals surface area contributed by atoms with Crippen molar-refractivity contribution in [1.29, 1.82) is 0 Å². The molecule has 0 radical (unpaired) electrons. The van der Waals surface area contributed by atoms with Crippen molar-refractivity contribution in [1.82, 2.24) is 10.2 Å². The van der Waals surface area contributed by atoms with Crippen LogP contribution in [0.1, 0.15) is 42.6 Å². The van der Waals surface area contributed by atoms with Gasteiger partial charge in [0.15, 0.2) is 0 Å². The Hall–Kier alpha value is -2.72. The number of aliphatic hydroxyl groups excluding tert-OH is 1. The largest absolute Gasteiger partial charge is 0.573 e. The zero-order valence-corrected chi connectivity index (χ0v) is 18.6. The Morgan fingerprint density at radius 1 is 1.03 bits per heavy atom. The van der Waals surface area contributed by atoms with Crippen LogP contribution in [-0.4, -0.2) is 48.0 Å². The van der Waals surface area contributed by atoms with Gasteiger partial charge in [-0.3, -0.25) is 4.79 Å². The van der Waals surface area contributed by atoms with Gasteiger partial charge < -0.3 is 20.1 Å². The van der Waals surface area contributed by atoms with Gasteiger partial charge in [0.05, 0.1) is 12.5 Å². The fourth-order valence-corrected chi connectivity index (χ4v) is 3.93. The summed E-state index contributed by atoms with van der Waals surface area (Å²) in [5, 5.41) is 13.7. The number of alkyl halides is 5. The van der Waals surface area contributed by atoms with Crippen LogP contribution < -0.4 is 10.1 Å². The summed E-state index contributed by atoms with van der Waals surface area (Å²) in [5.41, 5.74) is 0.684. The van der Waals surface area contributed by atoms with Crippen LogP contribution in [0.4, 0.5) is 22.0 Å². The fraction of sp³-hybridized carbons (Fsp3) is 0.458. The van der Waals surface area contributed by atoms with Crippen molar-refractivity contribution in [2.45, 2.75) is 50.6 Å². The standard InChI is InChI=1S/C24H27F5N2O3/c1-23(25,26)18-8-6-17(7-9-18)22(33)20(15-31-12-2-3-13-31)30-21(32)14-16-4-10-19(11-5-16)34-24(27,28)29/h4-11,20,22,33H,2-3,12-15H2,1H3,(H,30,32)/t20-,22-/m1/s1. The van der Waals surface area contributed by atoms with Gasteiger partial charge in [-0.1, -0.05) is 36.4 Å². The summed E-state index contributed by atoms with van der Waals surface area (Å²) in [6.45, 7) is 2.80. The first kappa shape index (κ1) is 25.9. The molecule has 10 heteroatoms. The van der Waals surface area contributed by atoms with Gasteiger partial charge in [-0.05, 0) is 49.2 Å². The number of likely N-dealkylation sites (tertiary alicyclic amines) is 1. The van der Waals surface area contributed by atoms with Crippen molar-refractivity contribution < 1.29 is 36.6 Å². The average molecular weight is 486 g/mol. The van der Waals surface area contributed by atoms with Crippen LogP contribution in [0.3, 0.4) is 0 Å². The van der Waals surface area contributed by atoms with Crippen LogP contribution in [0.2, 0.25) is 0 Å². The maximum Gasteiger partial charge on any atom is 0.573 e. The zero-order chi connectivity index (χ0) is 24.9. The Morgan fingerprint density at radius 2 is 1.62 bits per heavy atom. The van der Waals surface area contributed by atoms with E-state index in [0.717, 1.165) is 45.0 Å². The number of nitrogens with one attached hydrogen (secondary N) is 1. The highest BCUT2D eigenvalue weighted by atomic mass is 19.4. The predicted octanol–water partition coefficient (Wildman–Crippen LogP) is 4.55. The molecule has 3 rings (SSSR count). The van der Waals surface area contributed by atoms with Crippen molar-refractivity contribution >= 4 is 5.91 Å². The molecule has 0 aliphatic carbocycles. The first-order valence-electron chi connectivity index (χ1n) is 10.9. The number of rotatable bonds is 9.